The quantitative estimate of drug-likeness (QED) is 0.293. The fraction of sp³-hybridized carbons (Fsp3) is 1.00. The lowest BCUT2D eigenvalue weighted by Crippen LogP contribution is -2.38. The summed E-state index contributed by atoms with van der Waals surface area (Å²) in [5.74, 6) is 0. The molecular weight excluding hydrogens is 460 g/mol. The van der Waals surface area contributed by atoms with Crippen LogP contribution in [0.25, 0.3) is 0 Å². The van der Waals surface area contributed by atoms with Crippen molar-refractivity contribution in [1.82, 2.24) is 0 Å². The van der Waals surface area contributed by atoms with E-state index in [1.807, 2.05) is 13.1 Å². The first-order chi connectivity index (χ1) is 11.9. The summed E-state index contributed by atoms with van der Waals surface area (Å²) < 4.78 is 33.8. The van der Waals surface area contributed by atoms with Crippen LogP contribution in [-0.2, 0) is 31.0 Å². The zero-order valence-corrected chi connectivity index (χ0v) is 22.1. The van der Waals surface area contributed by atoms with Gasteiger partial charge in [-0.15, -0.1) is 0 Å². The third-order valence-electron chi connectivity index (χ3n) is 2.61. The Kier molecular flexibility index (Phi) is 32.3. The summed E-state index contributed by atoms with van der Waals surface area (Å²) in [6.07, 6.45) is 0. The minimum absolute atomic E-state index is 0. The Hall–Kier alpha value is 0.388. The first-order valence-electron chi connectivity index (χ1n) is 7.40. The van der Waals surface area contributed by atoms with Crippen LogP contribution in [0.15, 0.2) is 0 Å². The Morgan fingerprint density at radius 2 is 0.517 bits per heavy atom. The van der Waals surface area contributed by atoms with Gasteiger partial charge in [-0.2, -0.15) is 0 Å². The summed E-state index contributed by atoms with van der Waals surface area (Å²) in [7, 11) is -0.319. The van der Waals surface area contributed by atoms with E-state index in [-0.39, 0.29) is 14.9 Å². The van der Waals surface area contributed by atoms with Crippen LogP contribution in [0.3, 0.4) is 0 Å². The third-order valence-corrected chi connectivity index (χ3v) is 7.83. The van der Waals surface area contributed by atoms with E-state index in [1.165, 1.54) is 13.7 Å². The van der Waals surface area contributed by atoms with Gasteiger partial charge < -0.3 is 55.0 Å². The monoisotopic (exact) mass is 506 g/mol. The highest BCUT2D eigenvalue weighted by Gasteiger charge is 2.30. The average Bonchev–Trinajstić information content (AvgIpc) is 2.59. The van der Waals surface area contributed by atoms with Crippen LogP contribution in [0.5, 0.6) is 0 Å². The molecule has 16 heteroatoms. The molecule has 0 aliphatic heterocycles. The standard InChI is InChI=1S/2C4H12O3Si.C2H8O3Si.CH6O3Si.2CH4/c2*1-5-8(4,6-2)7-3;1-5-6(2,3)4;1-5(2,3)4;;/h2*1-4H3;3-4H,1-2H3;2-4H,1H3;2*1H4. The highest BCUT2D eigenvalue weighted by molar-refractivity contribution is 6.59. The van der Waals surface area contributed by atoms with Crippen LogP contribution in [0.2, 0.25) is 26.2 Å². The maximum atomic E-state index is 8.30. The smallest absolute Gasteiger partial charge is 0.390 e. The highest BCUT2D eigenvalue weighted by Crippen LogP contribution is 2.02. The largest absolute Gasteiger partial charge is 0.496 e. The Bertz CT molecular complexity index is 277. The summed E-state index contributed by atoms with van der Waals surface area (Å²) in [5.41, 5.74) is 0. The molecule has 0 fully saturated rings. The summed E-state index contributed by atoms with van der Waals surface area (Å²) in [5, 5.41) is 0. The molecule has 0 bridgehead atoms. The normalized spacial score (nSPS) is 11.2. The lowest BCUT2D eigenvalue weighted by atomic mass is 11.8. The number of hydrogen-bond acceptors (Lipinski definition) is 12. The summed E-state index contributed by atoms with van der Waals surface area (Å²) >= 11 is 0. The van der Waals surface area contributed by atoms with Gasteiger partial charge in [0.1, 0.15) is 0 Å². The van der Waals surface area contributed by atoms with Crippen LogP contribution in [0.4, 0.5) is 0 Å². The molecule has 0 unspecified atom stereocenters. The molecule has 0 aromatic carbocycles. The minimum Gasteiger partial charge on any atom is -0.390 e. The van der Waals surface area contributed by atoms with Crippen LogP contribution >= 0.6 is 0 Å². The number of rotatable bonds is 7. The van der Waals surface area contributed by atoms with Crippen LogP contribution in [-0.4, -0.2) is 109 Å². The molecule has 0 rings (SSSR count). The molecule has 0 atom stereocenters. The molecule has 0 heterocycles. The summed E-state index contributed by atoms with van der Waals surface area (Å²) in [6, 6.07) is 0. The van der Waals surface area contributed by atoms with Crippen molar-refractivity contribution in [1.29, 1.82) is 0 Å². The van der Waals surface area contributed by atoms with E-state index in [0.717, 1.165) is 6.55 Å². The second-order valence-corrected chi connectivity index (χ2v) is 15.2. The minimum atomic E-state index is -3.61. The summed E-state index contributed by atoms with van der Waals surface area (Å²) in [6.45, 7) is 5.92. The Labute approximate surface area is 181 Å². The van der Waals surface area contributed by atoms with Gasteiger partial charge >= 0.3 is 35.2 Å². The van der Waals surface area contributed by atoms with Crippen molar-refractivity contribution in [2.45, 2.75) is 41.0 Å². The zero-order valence-electron chi connectivity index (χ0n) is 18.1. The maximum Gasteiger partial charge on any atom is 0.496 e. The van der Waals surface area contributed by atoms with Crippen LogP contribution < -0.4 is 0 Å². The molecule has 0 saturated heterocycles. The third kappa shape index (κ3) is 43.2. The van der Waals surface area contributed by atoms with Gasteiger partial charge in [-0.1, -0.05) is 14.9 Å². The summed E-state index contributed by atoms with van der Waals surface area (Å²) in [4.78, 5) is 39.9. The van der Waals surface area contributed by atoms with Gasteiger partial charge in [0.25, 0.3) is 0 Å². The maximum absolute atomic E-state index is 8.30. The predicted molar refractivity (Wildman–Crippen MR) is 120 cm³/mol. The van der Waals surface area contributed by atoms with Gasteiger partial charge in [0.2, 0.25) is 0 Å². The number of hydrogen-bond donors (Lipinski definition) is 5. The zero-order chi connectivity index (χ0) is 22.9. The molecule has 12 nitrogen and oxygen atoms in total. The Balaban J connectivity index is -0.0000000604. The van der Waals surface area contributed by atoms with E-state index in [2.05, 4.69) is 4.43 Å². The molecule has 186 valence electrons. The van der Waals surface area contributed by atoms with E-state index in [0.29, 0.717) is 0 Å². The highest BCUT2D eigenvalue weighted by atomic mass is 28.4. The van der Waals surface area contributed by atoms with Gasteiger partial charge in [-0.25, -0.2) is 0 Å². The van der Waals surface area contributed by atoms with Crippen molar-refractivity contribution in [3.63, 3.8) is 0 Å². The predicted octanol–water partition coefficient (Wildman–Crippen LogP) is -0.0211. The lowest BCUT2D eigenvalue weighted by molar-refractivity contribution is 0.131. The molecular formula is C13H46O12Si4. The van der Waals surface area contributed by atoms with Gasteiger partial charge in [0.05, 0.1) is 0 Å². The van der Waals surface area contributed by atoms with Crippen LogP contribution in [0.1, 0.15) is 14.9 Å². The van der Waals surface area contributed by atoms with Gasteiger partial charge in [0, 0.05) is 76.0 Å². The van der Waals surface area contributed by atoms with E-state index in [9.17, 15) is 0 Å². The molecule has 0 amide bonds. The van der Waals surface area contributed by atoms with E-state index < -0.39 is 35.2 Å². The molecule has 29 heavy (non-hydrogen) atoms. The van der Waals surface area contributed by atoms with Crippen LogP contribution in [0, 0.1) is 0 Å². The lowest BCUT2D eigenvalue weighted by Gasteiger charge is -2.18. The van der Waals surface area contributed by atoms with E-state index >= 15 is 0 Å². The molecule has 0 aromatic rings. The molecule has 0 radical (unpaired) electrons. The van der Waals surface area contributed by atoms with Crippen molar-refractivity contribution in [3.05, 3.63) is 0 Å². The van der Waals surface area contributed by atoms with Crippen molar-refractivity contribution in [2.75, 3.05) is 49.8 Å². The topological polar surface area (TPSA) is 166 Å². The van der Waals surface area contributed by atoms with Crippen molar-refractivity contribution in [2.24, 2.45) is 0 Å². The van der Waals surface area contributed by atoms with Gasteiger partial charge in [-0.05, 0) is 0 Å². The average molecular weight is 507 g/mol. The Morgan fingerprint density at radius 1 is 0.414 bits per heavy atom. The first kappa shape index (κ1) is 43.3. The van der Waals surface area contributed by atoms with E-state index in [1.54, 1.807) is 42.7 Å². The second-order valence-electron chi connectivity index (χ2n) is 5.06. The second kappa shape index (κ2) is 21.6. The van der Waals surface area contributed by atoms with Gasteiger partial charge in [-0.3, -0.25) is 0 Å². The molecule has 0 aliphatic rings. The Morgan fingerprint density at radius 3 is 0.517 bits per heavy atom. The van der Waals surface area contributed by atoms with Crippen molar-refractivity contribution < 1.29 is 55.0 Å². The fourth-order valence-electron chi connectivity index (χ4n) is 0.500. The van der Waals surface area contributed by atoms with Crippen molar-refractivity contribution in [3.8, 4) is 0 Å². The molecule has 5 N–H and O–H groups in total. The fourth-order valence-corrected chi connectivity index (χ4v) is 1.50. The molecule has 0 spiro atoms. The molecule has 0 aromatic heterocycles. The first-order valence-corrected chi connectivity index (χ1v) is 16.5. The SMILES string of the molecule is C.C.CO[Si](C)(O)O.CO[Si](C)(OC)OC.CO[Si](C)(OC)OC.C[Si](O)(O)O. The van der Waals surface area contributed by atoms with Gasteiger partial charge in [0.15, 0.2) is 0 Å². The molecule has 0 aliphatic carbocycles. The van der Waals surface area contributed by atoms with E-state index in [4.69, 9.17) is 50.5 Å². The molecule has 0 saturated carbocycles. The van der Waals surface area contributed by atoms with Crippen molar-refractivity contribution >= 4 is 35.2 Å².